The molecule has 0 unspecified atom stereocenters. The maximum Gasteiger partial charge on any atom is 0.312 e. The standard InChI is InChI=1S/C19H26N2O7/c1-12(18(23)20-7-8-25-2)28-19(24)13-9-17(22)21(11-13)15-6-5-14(26-3)10-16(15)27-4/h5-6,10,12-13H,7-9,11H2,1-4H3,(H,20,23)/t12-,13-/m0/s1. The van der Waals surface area contributed by atoms with E-state index in [0.717, 1.165) is 0 Å². The summed E-state index contributed by atoms with van der Waals surface area (Å²) in [7, 11) is 4.55. The number of methoxy groups -OCH3 is 3. The minimum absolute atomic E-state index is 0.00598. The molecule has 1 aliphatic rings. The normalized spacial score (nSPS) is 17.2. The van der Waals surface area contributed by atoms with Crippen molar-refractivity contribution in [3.63, 3.8) is 0 Å². The van der Waals surface area contributed by atoms with Gasteiger partial charge in [-0.3, -0.25) is 14.4 Å². The Bertz CT molecular complexity index is 722. The third-order valence-electron chi connectivity index (χ3n) is 4.40. The molecule has 2 amide bonds. The van der Waals surface area contributed by atoms with Crippen LogP contribution in [0.25, 0.3) is 0 Å². The molecule has 9 heteroatoms. The second kappa shape index (κ2) is 9.93. The fraction of sp³-hybridized carbons (Fsp3) is 0.526. The SMILES string of the molecule is COCCNC(=O)[C@H](C)OC(=O)[C@H]1CC(=O)N(c2ccc(OC)cc2OC)C1. The summed E-state index contributed by atoms with van der Waals surface area (Å²) >= 11 is 0. The fourth-order valence-corrected chi connectivity index (χ4v) is 2.85. The number of ether oxygens (including phenoxy) is 4. The van der Waals surface area contributed by atoms with Crippen molar-refractivity contribution < 1.29 is 33.3 Å². The van der Waals surface area contributed by atoms with Gasteiger partial charge in [0.25, 0.3) is 5.91 Å². The Kier molecular flexibility index (Phi) is 7.62. The molecule has 0 aliphatic carbocycles. The van der Waals surface area contributed by atoms with Gasteiger partial charge in [-0.2, -0.15) is 0 Å². The molecule has 1 fully saturated rings. The molecule has 1 N–H and O–H groups in total. The lowest BCUT2D eigenvalue weighted by atomic mass is 10.1. The Morgan fingerprint density at radius 3 is 2.64 bits per heavy atom. The third kappa shape index (κ3) is 5.13. The van der Waals surface area contributed by atoms with E-state index in [1.165, 1.54) is 33.2 Å². The highest BCUT2D eigenvalue weighted by molar-refractivity contribution is 6.00. The number of rotatable bonds is 9. The molecule has 28 heavy (non-hydrogen) atoms. The molecule has 1 heterocycles. The lowest BCUT2D eigenvalue weighted by Crippen LogP contribution is -2.38. The molecule has 2 rings (SSSR count). The molecular formula is C19H26N2O7. The number of nitrogens with zero attached hydrogens (tertiary/aromatic N) is 1. The van der Waals surface area contributed by atoms with Gasteiger partial charge in [-0.1, -0.05) is 0 Å². The minimum atomic E-state index is -0.955. The maximum absolute atomic E-state index is 12.4. The average Bonchev–Trinajstić information content (AvgIpc) is 3.09. The van der Waals surface area contributed by atoms with E-state index in [1.54, 1.807) is 18.2 Å². The van der Waals surface area contributed by atoms with Gasteiger partial charge < -0.3 is 29.2 Å². The second-order valence-corrected chi connectivity index (χ2v) is 6.31. The summed E-state index contributed by atoms with van der Waals surface area (Å²) in [5.74, 6) is -0.818. The first-order chi connectivity index (χ1) is 13.4. The van der Waals surface area contributed by atoms with Crippen LogP contribution < -0.4 is 19.7 Å². The molecule has 0 saturated carbocycles. The van der Waals surface area contributed by atoms with Crippen molar-refractivity contribution in [2.24, 2.45) is 5.92 Å². The van der Waals surface area contributed by atoms with Crippen LogP contribution in [0.15, 0.2) is 18.2 Å². The molecule has 154 valence electrons. The van der Waals surface area contributed by atoms with Crippen molar-refractivity contribution in [2.45, 2.75) is 19.4 Å². The molecule has 0 aromatic heterocycles. The van der Waals surface area contributed by atoms with Crippen molar-refractivity contribution >= 4 is 23.5 Å². The van der Waals surface area contributed by atoms with E-state index < -0.39 is 23.9 Å². The Hall–Kier alpha value is -2.81. The number of benzene rings is 1. The maximum atomic E-state index is 12.4. The van der Waals surface area contributed by atoms with Gasteiger partial charge in [0.15, 0.2) is 6.10 Å². The van der Waals surface area contributed by atoms with Crippen LogP contribution in [0.4, 0.5) is 5.69 Å². The summed E-state index contributed by atoms with van der Waals surface area (Å²) in [6.45, 7) is 2.33. The highest BCUT2D eigenvalue weighted by Crippen LogP contribution is 2.36. The molecule has 0 radical (unpaired) electrons. The Labute approximate surface area is 163 Å². The Morgan fingerprint density at radius 2 is 2.00 bits per heavy atom. The quantitative estimate of drug-likeness (QED) is 0.487. The Morgan fingerprint density at radius 1 is 1.25 bits per heavy atom. The lowest BCUT2D eigenvalue weighted by Gasteiger charge is -2.20. The first-order valence-electron chi connectivity index (χ1n) is 8.90. The van der Waals surface area contributed by atoms with E-state index in [1.807, 2.05) is 0 Å². The van der Waals surface area contributed by atoms with Gasteiger partial charge in [0.05, 0.1) is 32.4 Å². The molecule has 9 nitrogen and oxygen atoms in total. The zero-order valence-corrected chi connectivity index (χ0v) is 16.5. The zero-order valence-electron chi connectivity index (χ0n) is 16.5. The summed E-state index contributed by atoms with van der Waals surface area (Å²) in [6, 6.07) is 5.08. The van der Waals surface area contributed by atoms with Crippen LogP contribution in [0.3, 0.4) is 0 Å². The predicted molar refractivity (Wildman–Crippen MR) is 100 cm³/mol. The molecule has 0 spiro atoms. The molecule has 0 bridgehead atoms. The van der Waals surface area contributed by atoms with Crippen LogP contribution in [-0.4, -0.2) is 64.9 Å². The molecule has 1 saturated heterocycles. The number of hydrogen-bond donors (Lipinski definition) is 1. The number of hydrogen-bond acceptors (Lipinski definition) is 7. The molecule has 1 aliphatic heterocycles. The van der Waals surface area contributed by atoms with Crippen molar-refractivity contribution in [3.05, 3.63) is 18.2 Å². The Balaban J connectivity index is 2.00. The third-order valence-corrected chi connectivity index (χ3v) is 4.40. The number of amides is 2. The molecule has 2 atom stereocenters. The summed E-state index contributed by atoms with van der Waals surface area (Å²) in [5, 5.41) is 2.60. The number of carbonyl (C=O) groups is 3. The highest BCUT2D eigenvalue weighted by atomic mass is 16.5. The van der Waals surface area contributed by atoms with Crippen LogP contribution in [-0.2, 0) is 23.9 Å². The van der Waals surface area contributed by atoms with Crippen LogP contribution in [0.2, 0.25) is 0 Å². The van der Waals surface area contributed by atoms with Crippen LogP contribution in [0, 0.1) is 5.92 Å². The van der Waals surface area contributed by atoms with E-state index in [9.17, 15) is 14.4 Å². The molecule has 1 aromatic rings. The van der Waals surface area contributed by atoms with Gasteiger partial charge in [-0.15, -0.1) is 0 Å². The zero-order chi connectivity index (χ0) is 20.7. The first-order valence-corrected chi connectivity index (χ1v) is 8.90. The molecular weight excluding hydrogens is 368 g/mol. The van der Waals surface area contributed by atoms with Gasteiger partial charge >= 0.3 is 5.97 Å². The van der Waals surface area contributed by atoms with E-state index in [0.29, 0.717) is 30.3 Å². The summed E-state index contributed by atoms with van der Waals surface area (Å²) < 4.78 is 20.6. The number of anilines is 1. The van der Waals surface area contributed by atoms with Gasteiger partial charge in [0.2, 0.25) is 5.91 Å². The van der Waals surface area contributed by atoms with E-state index in [-0.39, 0.29) is 18.9 Å². The monoisotopic (exact) mass is 394 g/mol. The van der Waals surface area contributed by atoms with Crippen LogP contribution in [0.1, 0.15) is 13.3 Å². The van der Waals surface area contributed by atoms with Crippen LogP contribution >= 0.6 is 0 Å². The van der Waals surface area contributed by atoms with E-state index >= 15 is 0 Å². The largest absolute Gasteiger partial charge is 0.497 e. The number of esters is 1. The van der Waals surface area contributed by atoms with Crippen molar-refractivity contribution in [1.82, 2.24) is 5.32 Å². The van der Waals surface area contributed by atoms with Gasteiger partial charge in [0.1, 0.15) is 11.5 Å². The topological polar surface area (TPSA) is 103 Å². The van der Waals surface area contributed by atoms with E-state index in [4.69, 9.17) is 18.9 Å². The van der Waals surface area contributed by atoms with Crippen molar-refractivity contribution in [3.8, 4) is 11.5 Å². The van der Waals surface area contributed by atoms with Crippen molar-refractivity contribution in [1.29, 1.82) is 0 Å². The minimum Gasteiger partial charge on any atom is -0.497 e. The van der Waals surface area contributed by atoms with Gasteiger partial charge in [-0.25, -0.2) is 0 Å². The van der Waals surface area contributed by atoms with Crippen molar-refractivity contribution in [2.75, 3.05) is 45.9 Å². The summed E-state index contributed by atoms with van der Waals surface area (Å²) in [6.07, 6.45) is -0.949. The van der Waals surface area contributed by atoms with Crippen LogP contribution in [0.5, 0.6) is 11.5 Å². The van der Waals surface area contributed by atoms with Gasteiger partial charge in [-0.05, 0) is 19.1 Å². The first kappa shape index (κ1) is 21.5. The average molecular weight is 394 g/mol. The smallest absolute Gasteiger partial charge is 0.312 e. The fourth-order valence-electron chi connectivity index (χ4n) is 2.85. The van der Waals surface area contributed by atoms with Gasteiger partial charge in [0, 0.05) is 32.7 Å². The van der Waals surface area contributed by atoms with E-state index in [2.05, 4.69) is 5.32 Å². The molecule has 1 aromatic carbocycles. The lowest BCUT2D eigenvalue weighted by molar-refractivity contribution is -0.158. The second-order valence-electron chi connectivity index (χ2n) is 6.31. The number of nitrogens with one attached hydrogen (secondary N) is 1. The number of carbonyl (C=O) groups excluding carboxylic acids is 3. The highest BCUT2D eigenvalue weighted by Gasteiger charge is 2.38. The summed E-state index contributed by atoms with van der Waals surface area (Å²) in [5.41, 5.74) is 0.550. The summed E-state index contributed by atoms with van der Waals surface area (Å²) in [4.78, 5) is 38.2. The predicted octanol–water partition coefficient (Wildman–Crippen LogP) is 0.751.